The van der Waals surface area contributed by atoms with E-state index in [9.17, 15) is 4.79 Å². The number of amides is 1. The van der Waals surface area contributed by atoms with E-state index in [0.717, 1.165) is 5.56 Å². The third kappa shape index (κ3) is 4.07. The zero-order chi connectivity index (χ0) is 19.2. The fourth-order valence-electron chi connectivity index (χ4n) is 2.54. The third-order valence-electron chi connectivity index (χ3n) is 3.92. The monoisotopic (exact) mass is 363 g/mol. The lowest BCUT2D eigenvalue weighted by molar-refractivity contribution is 0.0942. The van der Waals surface area contributed by atoms with Crippen molar-refractivity contribution in [1.29, 1.82) is 5.26 Å². The van der Waals surface area contributed by atoms with Gasteiger partial charge in [-0.25, -0.2) is 0 Å². The van der Waals surface area contributed by atoms with Crippen LogP contribution in [0.5, 0.6) is 11.5 Å². The van der Waals surface area contributed by atoms with E-state index in [2.05, 4.69) is 16.5 Å². The van der Waals surface area contributed by atoms with Gasteiger partial charge in [-0.05, 0) is 35.9 Å². The number of nitrogens with one attached hydrogen (secondary N) is 1. The summed E-state index contributed by atoms with van der Waals surface area (Å²) in [5.74, 6) is 1.22. The SMILES string of the molecule is COc1ccc(OC)c(-c2cc(C(=O)NCc3cccc(C#N)c3)no2)c1. The van der Waals surface area contributed by atoms with Gasteiger partial charge in [0.15, 0.2) is 11.5 Å². The van der Waals surface area contributed by atoms with Crippen LogP contribution < -0.4 is 14.8 Å². The average molecular weight is 363 g/mol. The maximum Gasteiger partial charge on any atom is 0.273 e. The number of ether oxygens (including phenoxy) is 2. The minimum Gasteiger partial charge on any atom is -0.497 e. The Morgan fingerprint density at radius 1 is 1.19 bits per heavy atom. The van der Waals surface area contributed by atoms with Crippen molar-refractivity contribution in [2.24, 2.45) is 0 Å². The third-order valence-corrected chi connectivity index (χ3v) is 3.92. The van der Waals surface area contributed by atoms with Crippen LogP contribution in [0.25, 0.3) is 11.3 Å². The number of hydrogen-bond donors (Lipinski definition) is 1. The number of aromatic nitrogens is 1. The molecule has 27 heavy (non-hydrogen) atoms. The Kier molecular flexibility index (Phi) is 5.38. The molecule has 7 nitrogen and oxygen atoms in total. The molecule has 1 amide bonds. The van der Waals surface area contributed by atoms with Gasteiger partial charge in [-0.2, -0.15) is 5.26 Å². The van der Waals surface area contributed by atoms with E-state index in [-0.39, 0.29) is 18.1 Å². The lowest BCUT2D eigenvalue weighted by Crippen LogP contribution is -2.23. The highest BCUT2D eigenvalue weighted by molar-refractivity contribution is 5.93. The minimum atomic E-state index is -0.380. The van der Waals surface area contributed by atoms with Crippen LogP contribution in [0.1, 0.15) is 21.6 Å². The van der Waals surface area contributed by atoms with Gasteiger partial charge in [0.1, 0.15) is 11.5 Å². The highest BCUT2D eigenvalue weighted by Crippen LogP contribution is 2.33. The molecule has 0 bridgehead atoms. The Morgan fingerprint density at radius 2 is 2.04 bits per heavy atom. The van der Waals surface area contributed by atoms with Crippen LogP contribution in [0, 0.1) is 11.3 Å². The summed E-state index contributed by atoms with van der Waals surface area (Å²) < 4.78 is 15.9. The number of benzene rings is 2. The average Bonchev–Trinajstić information content (AvgIpc) is 3.21. The summed E-state index contributed by atoms with van der Waals surface area (Å²) in [7, 11) is 3.11. The zero-order valence-electron chi connectivity index (χ0n) is 14.9. The van der Waals surface area contributed by atoms with Crippen LogP contribution in [-0.2, 0) is 6.54 Å². The van der Waals surface area contributed by atoms with Crippen molar-refractivity contribution in [3.8, 4) is 28.9 Å². The van der Waals surface area contributed by atoms with Gasteiger partial charge >= 0.3 is 0 Å². The molecule has 136 valence electrons. The molecule has 0 atom stereocenters. The molecule has 0 aliphatic heterocycles. The number of hydrogen-bond acceptors (Lipinski definition) is 6. The van der Waals surface area contributed by atoms with Crippen molar-refractivity contribution in [1.82, 2.24) is 10.5 Å². The predicted molar refractivity (Wildman–Crippen MR) is 97.4 cm³/mol. The molecule has 0 spiro atoms. The van der Waals surface area contributed by atoms with E-state index in [4.69, 9.17) is 19.3 Å². The van der Waals surface area contributed by atoms with Gasteiger partial charge in [-0.15, -0.1) is 0 Å². The summed E-state index contributed by atoms with van der Waals surface area (Å²) in [4.78, 5) is 12.3. The summed E-state index contributed by atoms with van der Waals surface area (Å²) in [6, 6.07) is 15.9. The van der Waals surface area contributed by atoms with Gasteiger partial charge < -0.3 is 19.3 Å². The minimum absolute atomic E-state index is 0.145. The van der Waals surface area contributed by atoms with E-state index in [0.29, 0.717) is 28.4 Å². The Labute approximate surface area is 156 Å². The maximum atomic E-state index is 12.3. The summed E-state index contributed by atoms with van der Waals surface area (Å²) in [5, 5.41) is 15.5. The molecule has 0 unspecified atom stereocenters. The number of carbonyl (C=O) groups excluding carboxylic acids is 1. The highest BCUT2D eigenvalue weighted by atomic mass is 16.5. The van der Waals surface area contributed by atoms with Crippen molar-refractivity contribution < 1.29 is 18.8 Å². The summed E-state index contributed by atoms with van der Waals surface area (Å²) >= 11 is 0. The first-order valence-corrected chi connectivity index (χ1v) is 8.11. The Bertz CT molecular complexity index is 1000. The first kappa shape index (κ1) is 18.0. The molecular weight excluding hydrogens is 346 g/mol. The molecular formula is C20H17N3O4. The lowest BCUT2D eigenvalue weighted by atomic mass is 10.1. The standard InChI is InChI=1S/C20H17N3O4/c1-25-15-6-7-18(26-2)16(9-15)19-10-17(23-27-19)20(24)22-12-14-5-3-4-13(8-14)11-21/h3-10H,12H2,1-2H3,(H,22,24). The van der Waals surface area contributed by atoms with Gasteiger partial charge in [0.05, 0.1) is 31.4 Å². The molecule has 3 aromatic rings. The maximum absolute atomic E-state index is 12.3. The molecule has 0 radical (unpaired) electrons. The summed E-state index contributed by atoms with van der Waals surface area (Å²) in [6.45, 7) is 0.277. The second kappa shape index (κ2) is 8.06. The van der Waals surface area contributed by atoms with Crippen molar-refractivity contribution in [2.45, 2.75) is 6.54 Å². The van der Waals surface area contributed by atoms with Crippen LogP contribution in [-0.4, -0.2) is 25.3 Å². The molecule has 3 rings (SSSR count). The van der Waals surface area contributed by atoms with Crippen LogP contribution in [0.15, 0.2) is 53.1 Å². The van der Waals surface area contributed by atoms with E-state index in [1.54, 1.807) is 56.7 Å². The molecule has 1 aromatic heterocycles. The highest BCUT2D eigenvalue weighted by Gasteiger charge is 2.17. The van der Waals surface area contributed by atoms with Crippen LogP contribution in [0.3, 0.4) is 0 Å². The van der Waals surface area contributed by atoms with E-state index in [1.807, 2.05) is 6.07 Å². The molecule has 2 aromatic carbocycles. The lowest BCUT2D eigenvalue weighted by Gasteiger charge is -2.07. The predicted octanol–water partition coefficient (Wildman–Crippen LogP) is 3.16. The summed E-state index contributed by atoms with van der Waals surface area (Å²) in [5.41, 5.74) is 2.13. The van der Waals surface area contributed by atoms with Crippen LogP contribution in [0.2, 0.25) is 0 Å². The molecule has 1 N–H and O–H groups in total. The first-order chi connectivity index (χ1) is 13.1. The number of rotatable bonds is 6. The second-order valence-corrected chi connectivity index (χ2v) is 5.64. The Hall–Kier alpha value is -3.79. The first-order valence-electron chi connectivity index (χ1n) is 8.11. The molecule has 0 aliphatic rings. The van der Waals surface area contributed by atoms with Gasteiger partial charge in [0, 0.05) is 12.6 Å². The van der Waals surface area contributed by atoms with Crippen LogP contribution >= 0.6 is 0 Å². The van der Waals surface area contributed by atoms with Crippen molar-refractivity contribution >= 4 is 5.91 Å². The summed E-state index contributed by atoms with van der Waals surface area (Å²) in [6.07, 6.45) is 0. The molecule has 0 fully saturated rings. The van der Waals surface area contributed by atoms with E-state index >= 15 is 0 Å². The largest absolute Gasteiger partial charge is 0.497 e. The van der Waals surface area contributed by atoms with E-state index < -0.39 is 0 Å². The molecule has 0 aliphatic carbocycles. The molecule has 0 saturated heterocycles. The van der Waals surface area contributed by atoms with Gasteiger partial charge in [0.25, 0.3) is 5.91 Å². The topological polar surface area (TPSA) is 97.4 Å². The number of carbonyl (C=O) groups is 1. The number of methoxy groups -OCH3 is 2. The van der Waals surface area contributed by atoms with Crippen molar-refractivity contribution in [3.05, 3.63) is 65.4 Å². The normalized spacial score (nSPS) is 10.1. The van der Waals surface area contributed by atoms with E-state index in [1.165, 1.54) is 0 Å². The molecule has 1 heterocycles. The molecule has 7 heteroatoms. The Morgan fingerprint density at radius 3 is 2.78 bits per heavy atom. The number of nitriles is 1. The number of nitrogens with zero attached hydrogens (tertiary/aromatic N) is 2. The Balaban J connectivity index is 1.75. The smallest absolute Gasteiger partial charge is 0.273 e. The van der Waals surface area contributed by atoms with Gasteiger partial charge in [-0.3, -0.25) is 4.79 Å². The zero-order valence-corrected chi connectivity index (χ0v) is 14.9. The quantitative estimate of drug-likeness (QED) is 0.722. The fraction of sp³-hybridized carbons (Fsp3) is 0.150. The van der Waals surface area contributed by atoms with Crippen molar-refractivity contribution in [2.75, 3.05) is 14.2 Å². The van der Waals surface area contributed by atoms with Gasteiger partial charge in [-0.1, -0.05) is 17.3 Å². The fourth-order valence-corrected chi connectivity index (χ4v) is 2.54. The molecule has 0 saturated carbocycles. The second-order valence-electron chi connectivity index (χ2n) is 5.64. The van der Waals surface area contributed by atoms with Crippen molar-refractivity contribution in [3.63, 3.8) is 0 Å². The van der Waals surface area contributed by atoms with Gasteiger partial charge in [0.2, 0.25) is 0 Å². The van der Waals surface area contributed by atoms with Crippen LogP contribution in [0.4, 0.5) is 0 Å².